The van der Waals surface area contributed by atoms with Crippen molar-refractivity contribution in [1.29, 1.82) is 0 Å². The molecule has 2 heterocycles. The first-order valence-corrected chi connectivity index (χ1v) is 7.78. The van der Waals surface area contributed by atoms with Crippen LogP contribution in [0.4, 0.5) is 5.82 Å². The summed E-state index contributed by atoms with van der Waals surface area (Å²) in [6.07, 6.45) is 1.76. The van der Waals surface area contributed by atoms with E-state index in [4.69, 9.17) is 18.2 Å². The van der Waals surface area contributed by atoms with E-state index >= 15 is 0 Å². The van der Waals surface area contributed by atoms with Crippen LogP contribution in [-0.2, 0) is 0 Å². The molecule has 0 radical (unpaired) electrons. The summed E-state index contributed by atoms with van der Waals surface area (Å²) in [4.78, 5) is 8.52. The molecule has 2 atom stereocenters. The third kappa shape index (κ3) is 2.32. The first-order chi connectivity index (χ1) is 10.7. The van der Waals surface area contributed by atoms with Crippen molar-refractivity contribution in [2.24, 2.45) is 4.99 Å². The largest absolute Gasteiger partial charge is 0.306 e. The van der Waals surface area contributed by atoms with Crippen LogP contribution in [0.2, 0.25) is 5.02 Å². The van der Waals surface area contributed by atoms with E-state index < -0.39 is 0 Å². The van der Waals surface area contributed by atoms with E-state index in [2.05, 4.69) is 27.0 Å². The fourth-order valence-electron chi connectivity index (χ4n) is 3.10. The van der Waals surface area contributed by atoms with Gasteiger partial charge in [-0.1, -0.05) is 43.1 Å². The number of fused-ring (bicyclic) bond motifs is 1. The first-order valence-electron chi connectivity index (χ1n) is 7.40. The number of halogens is 1. The number of aromatic amines is 1. The molecule has 0 bridgehead atoms. The van der Waals surface area contributed by atoms with E-state index in [1.54, 1.807) is 0 Å². The summed E-state index contributed by atoms with van der Waals surface area (Å²) in [5, 5.41) is 7.99. The maximum Gasteiger partial charge on any atom is 0.272 e. The van der Waals surface area contributed by atoms with Crippen molar-refractivity contribution in [1.82, 2.24) is 10.2 Å². The summed E-state index contributed by atoms with van der Waals surface area (Å²) in [5.41, 5.74) is 3.82. The van der Waals surface area contributed by atoms with Gasteiger partial charge in [-0.25, -0.2) is 11.6 Å². The van der Waals surface area contributed by atoms with Gasteiger partial charge in [-0.15, -0.1) is 0 Å². The lowest BCUT2D eigenvalue weighted by molar-refractivity contribution is 0.765. The third-order valence-electron chi connectivity index (χ3n) is 4.08. The minimum Gasteiger partial charge on any atom is -0.306 e. The molecule has 112 valence electrons. The molecule has 0 spiro atoms. The molecule has 1 aromatic carbocycles. The quantitative estimate of drug-likeness (QED) is 0.822. The van der Waals surface area contributed by atoms with Crippen LogP contribution in [0.25, 0.3) is 4.85 Å². The highest BCUT2D eigenvalue weighted by molar-refractivity contribution is 6.31. The number of aromatic nitrogens is 2. The zero-order valence-electron chi connectivity index (χ0n) is 12.6. The van der Waals surface area contributed by atoms with Gasteiger partial charge < -0.3 is 4.85 Å². The number of hydrogen-bond donors (Lipinski definition) is 1. The predicted octanol–water partition coefficient (Wildman–Crippen LogP) is 4.68. The Morgan fingerprint density at radius 3 is 2.82 bits per heavy atom. The van der Waals surface area contributed by atoms with Crippen LogP contribution in [0.15, 0.2) is 29.3 Å². The molecule has 1 aliphatic heterocycles. The van der Waals surface area contributed by atoms with Crippen LogP contribution in [0.5, 0.6) is 0 Å². The van der Waals surface area contributed by atoms with Crippen molar-refractivity contribution in [3.8, 4) is 0 Å². The Labute approximate surface area is 135 Å². The molecule has 1 N–H and O–H groups in total. The molecule has 2 aromatic rings. The van der Waals surface area contributed by atoms with E-state index in [1.807, 2.05) is 31.2 Å². The molecule has 1 aliphatic rings. The fourth-order valence-corrected chi connectivity index (χ4v) is 3.35. The Kier molecular flexibility index (Phi) is 4.00. The SMILES string of the molecule is [C-]#[N+]C1C(CCC)=Nc2n[nH]c(C)c2C1c1ccccc1Cl. The first kappa shape index (κ1) is 14.8. The molecule has 1 aromatic heterocycles. The van der Waals surface area contributed by atoms with Crippen molar-refractivity contribution >= 4 is 23.1 Å². The summed E-state index contributed by atoms with van der Waals surface area (Å²) in [7, 11) is 0. The smallest absolute Gasteiger partial charge is 0.272 e. The van der Waals surface area contributed by atoms with Gasteiger partial charge in [-0.05, 0) is 25.0 Å². The van der Waals surface area contributed by atoms with Crippen LogP contribution >= 0.6 is 11.6 Å². The van der Waals surface area contributed by atoms with Crippen molar-refractivity contribution in [3.05, 3.63) is 57.5 Å². The Bertz CT molecular complexity index is 769. The third-order valence-corrected chi connectivity index (χ3v) is 4.42. The normalized spacial score (nSPS) is 20.2. The second-order valence-corrected chi connectivity index (χ2v) is 5.92. The van der Waals surface area contributed by atoms with E-state index in [9.17, 15) is 0 Å². The molecule has 5 heteroatoms. The molecule has 2 unspecified atom stereocenters. The van der Waals surface area contributed by atoms with Gasteiger partial charge in [0, 0.05) is 16.3 Å². The van der Waals surface area contributed by atoms with Crippen LogP contribution in [-0.4, -0.2) is 22.0 Å². The summed E-state index contributed by atoms with van der Waals surface area (Å²) in [5.74, 6) is 0.588. The minimum atomic E-state index is -0.316. The number of aliphatic imine (C=N–C) groups is 1. The van der Waals surface area contributed by atoms with Gasteiger partial charge in [-0.3, -0.25) is 5.10 Å². The molecule has 0 aliphatic carbocycles. The lowest BCUT2D eigenvalue weighted by Gasteiger charge is -2.25. The molecule has 22 heavy (non-hydrogen) atoms. The average molecular weight is 313 g/mol. The standard InChI is InChI=1S/C17H17ClN4/c1-4-7-13-16(19-3)15(11-8-5-6-9-12(11)18)14-10(2)21-22-17(14)20-13/h5-6,8-9,15-16H,4,7H2,1-2H3,(H,21,22). The predicted molar refractivity (Wildman–Crippen MR) is 89.0 cm³/mol. The van der Waals surface area contributed by atoms with Crippen LogP contribution in [0.3, 0.4) is 0 Å². The van der Waals surface area contributed by atoms with Crippen molar-refractivity contribution in [2.45, 2.75) is 38.6 Å². The van der Waals surface area contributed by atoms with Crippen molar-refractivity contribution < 1.29 is 0 Å². The Morgan fingerprint density at radius 2 is 2.14 bits per heavy atom. The molecular weight excluding hydrogens is 296 g/mol. The minimum absolute atomic E-state index is 0.112. The second-order valence-electron chi connectivity index (χ2n) is 5.51. The highest BCUT2D eigenvalue weighted by Gasteiger charge is 2.41. The van der Waals surface area contributed by atoms with Crippen molar-refractivity contribution in [2.75, 3.05) is 0 Å². The fraction of sp³-hybridized carbons (Fsp3) is 0.353. The second kappa shape index (κ2) is 5.94. The van der Waals surface area contributed by atoms with E-state index in [0.29, 0.717) is 10.8 Å². The van der Waals surface area contributed by atoms with Gasteiger partial charge in [0.15, 0.2) is 5.82 Å². The molecule has 0 fully saturated rings. The summed E-state index contributed by atoms with van der Waals surface area (Å²) >= 11 is 6.42. The van der Waals surface area contributed by atoms with Crippen LogP contribution in [0.1, 0.15) is 42.5 Å². The van der Waals surface area contributed by atoms with Gasteiger partial charge >= 0.3 is 0 Å². The molecular formula is C17H17ClN4. The number of nitrogens with zero attached hydrogens (tertiary/aromatic N) is 3. The number of hydrogen-bond acceptors (Lipinski definition) is 2. The number of benzene rings is 1. The topological polar surface area (TPSA) is 45.4 Å². The maximum atomic E-state index is 7.69. The molecule has 0 saturated heterocycles. The van der Waals surface area contributed by atoms with Gasteiger partial charge in [0.25, 0.3) is 6.04 Å². The highest BCUT2D eigenvalue weighted by atomic mass is 35.5. The number of nitrogens with one attached hydrogen (secondary N) is 1. The number of rotatable bonds is 3. The Balaban J connectivity index is 2.22. The average Bonchev–Trinajstić information content (AvgIpc) is 2.88. The van der Waals surface area contributed by atoms with E-state index in [1.165, 1.54) is 0 Å². The number of H-pyrrole nitrogens is 1. The van der Waals surface area contributed by atoms with Crippen LogP contribution in [0, 0.1) is 13.5 Å². The zero-order chi connectivity index (χ0) is 15.7. The van der Waals surface area contributed by atoms with Gasteiger partial charge in [0.1, 0.15) is 5.71 Å². The Morgan fingerprint density at radius 1 is 1.36 bits per heavy atom. The molecule has 0 amide bonds. The monoisotopic (exact) mass is 312 g/mol. The van der Waals surface area contributed by atoms with E-state index in [0.717, 1.165) is 35.4 Å². The highest BCUT2D eigenvalue weighted by Crippen LogP contribution is 2.43. The zero-order valence-corrected chi connectivity index (χ0v) is 13.4. The van der Waals surface area contributed by atoms with Crippen LogP contribution < -0.4 is 0 Å². The Hall–Kier alpha value is -2.12. The van der Waals surface area contributed by atoms with Crippen molar-refractivity contribution in [3.63, 3.8) is 0 Å². The van der Waals surface area contributed by atoms with Gasteiger partial charge in [0.2, 0.25) is 0 Å². The molecule has 3 rings (SSSR count). The number of aryl methyl sites for hydroxylation is 1. The lowest BCUT2D eigenvalue weighted by Crippen LogP contribution is -2.29. The van der Waals surface area contributed by atoms with E-state index in [-0.39, 0.29) is 12.0 Å². The van der Waals surface area contributed by atoms with Gasteiger partial charge in [-0.2, -0.15) is 5.10 Å². The summed E-state index contributed by atoms with van der Waals surface area (Å²) in [6.45, 7) is 11.8. The van der Waals surface area contributed by atoms with Gasteiger partial charge in [0.05, 0.1) is 5.92 Å². The summed E-state index contributed by atoms with van der Waals surface area (Å²) in [6, 6.07) is 7.42. The maximum absolute atomic E-state index is 7.69. The summed E-state index contributed by atoms with van der Waals surface area (Å²) < 4.78 is 0. The molecule has 0 saturated carbocycles. The lowest BCUT2D eigenvalue weighted by atomic mass is 9.80. The molecule has 4 nitrogen and oxygen atoms in total.